The van der Waals surface area contributed by atoms with Crippen LogP contribution in [-0.4, -0.2) is 24.1 Å². The molecule has 0 aromatic carbocycles. The maximum absolute atomic E-state index is 4.76. The van der Waals surface area contributed by atoms with Gasteiger partial charge in [-0.3, -0.25) is 0 Å². The molecule has 1 heterocycles. The lowest BCUT2D eigenvalue weighted by molar-refractivity contribution is 0.380. The van der Waals surface area contributed by atoms with Crippen LogP contribution in [-0.2, 0) is 0 Å². The molecule has 0 atom stereocenters. The van der Waals surface area contributed by atoms with Gasteiger partial charge in [0, 0.05) is 7.05 Å². The Morgan fingerprint density at radius 3 is 2.40 bits per heavy atom. The Bertz CT molecular complexity index is 174. The Balaban J connectivity index is 2.80. The summed E-state index contributed by atoms with van der Waals surface area (Å²) in [5.41, 5.74) is 0.876. The minimum Gasteiger partial charge on any atom is -0.467 e. The molecular formula is C6H9N3O. The molecule has 4 nitrogen and oxygen atoms in total. The molecule has 1 N–H and O–H groups in total. The fourth-order valence-electron chi connectivity index (χ4n) is 0.551. The molecule has 0 unspecified atom stereocenters. The smallest absolute Gasteiger partial charge is 0.316 e. The van der Waals surface area contributed by atoms with Crippen LogP contribution < -0.4 is 10.1 Å². The van der Waals surface area contributed by atoms with Crippen molar-refractivity contribution in [1.29, 1.82) is 0 Å². The molecular weight excluding hydrogens is 130 g/mol. The van der Waals surface area contributed by atoms with Crippen LogP contribution in [0.1, 0.15) is 0 Å². The predicted molar refractivity (Wildman–Crippen MR) is 38.1 cm³/mol. The van der Waals surface area contributed by atoms with Crippen LogP contribution in [0.5, 0.6) is 6.01 Å². The third-order valence-corrected chi connectivity index (χ3v) is 1.10. The van der Waals surface area contributed by atoms with E-state index in [0.29, 0.717) is 6.01 Å². The zero-order chi connectivity index (χ0) is 7.40. The van der Waals surface area contributed by atoms with Gasteiger partial charge in [0.25, 0.3) is 0 Å². The van der Waals surface area contributed by atoms with E-state index in [1.165, 1.54) is 7.11 Å². The van der Waals surface area contributed by atoms with E-state index in [1.807, 2.05) is 7.05 Å². The topological polar surface area (TPSA) is 47.0 Å². The lowest BCUT2D eigenvalue weighted by atomic mass is 10.5. The Morgan fingerprint density at radius 1 is 1.40 bits per heavy atom. The number of anilines is 1. The zero-order valence-corrected chi connectivity index (χ0v) is 5.96. The Morgan fingerprint density at radius 2 is 2.00 bits per heavy atom. The molecule has 54 valence electrons. The van der Waals surface area contributed by atoms with Crippen LogP contribution in [0.15, 0.2) is 12.4 Å². The van der Waals surface area contributed by atoms with Crippen molar-refractivity contribution in [3.05, 3.63) is 12.4 Å². The van der Waals surface area contributed by atoms with Crippen molar-refractivity contribution in [2.45, 2.75) is 0 Å². The first kappa shape index (κ1) is 6.80. The predicted octanol–water partition coefficient (Wildman–Crippen LogP) is 0.527. The number of ether oxygens (including phenoxy) is 1. The van der Waals surface area contributed by atoms with Gasteiger partial charge in [-0.25, -0.2) is 9.97 Å². The maximum Gasteiger partial charge on any atom is 0.316 e. The molecule has 0 aliphatic rings. The van der Waals surface area contributed by atoms with E-state index >= 15 is 0 Å². The molecule has 1 aromatic heterocycles. The van der Waals surface area contributed by atoms with E-state index in [0.717, 1.165) is 5.69 Å². The summed E-state index contributed by atoms with van der Waals surface area (Å²) in [5.74, 6) is 0. The molecule has 1 aromatic rings. The van der Waals surface area contributed by atoms with Gasteiger partial charge in [0.1, 0.15) is 0 Å². The van der Waals surface area contributed by atoms with Crippen molar-refractivity contribution < 1.29 is 4.74 Å². The third kappa shape index (κ3) is 1.34. The van der Waals surface area contributed by atoms with Gasteiger partial charge in [0.2, 0.25) is 0 Å². The van der Waals surface area contributed by atoms with Crippen LogP contribution in [0.3, 0.4) is 0 Å². The summed E-state index contributed by atoms with van der Waals surface area (Å²) in [7, 11) is 3.35. The average Bonchev–Trinajstić information content (AvgIpc) is 2.05. The summed E-state index contributed by atoms with van der Waals surface area (Å²) in [6.45, 7) is 0. The highest BCUT2D eigenvalue weighted by atomic mass is 16.5. The number of rotatable bonds is 2. The summed E-state index contributed by atoms with van der Waals surface area (Å²) in [6.07, 6.45) is 3.32. The van der Waals surface area contributed by atoms with Crippen LogP contribution >= 0.6 is 0 Å². The van der Waals surface area contributed by atoms with Gasteiger partial charge >= 0.3 is 6.01 Å². The quantitative estimate of drug-likeness (QED) is 0.649. The monoisotopic (exact) mass is 139 g/mol. The average molecular weight is 139 g/mol. The molecule has 4 heteroatoms. The number of hydrogen-bond acceptors (Lipinski definition) is 4. The van der Waals surface area contributed by atoms with Gasteiger partial charge in [-0.1, -0.05) is 0 Å². The molecule has 1 rings (SSSR count). The highest BCUT2D eigenvalue weighted by Gasteiger charge is 1.91. The number of methoxy groups -OCH3 is 1. The number of hydrogen-bond donors (Lipinski definition) is 1. The van der Waals surface area contributed by atoms with E-state index in [2.05, 4.69) is 15.3 Å². The van der Waals surface area contributed by atoms with Crippen LogP contribution in [0, 0.1) is 0 Å². The normalized spacial score (nSPS) is 9.00. The summed E-state index contributed by atoms with van der Waals surface area (Å²) in [5, 5.41) is 2.90. The Hall–Kier alpha value is -1.32. The molecule has 0 aliphatic carbocycles. The van der Waals surface area contributed by atoms with Gasteiger partial charge in [-0.2, -0.15) is 0 Å². The fraction of sp³-hybridized carbons (Fsp3) is 0.333. The van der Waals surface area contributed by atoms with Crippen molar-refractivity contribution in [1.82, 2.24) is 9.97 Å². The van der Waals surface area contributed by atoms with E-state index in [-0.39, 0.29) is 0 Å². The number of aromatic nitrogens is 2. The second kappa shape index (κ2) is 3.00. The first-order chi connectivity index (χ1) is 4.86. The van der Waals surface area contributed by atoms with Crippen LogP contribution in [0.4, 0.5) is 5.69 Å². The van der Waals surface area contributed by atoms with Gasteiger partial charge in [-0.05, 0) is 0 Å². The molecule has 0 bridgehead atoms. The van der Waals surface area contributed by atoms with Crippen LogP contribution in [0.25, 0.3) is 0 Å². The molecule has 0 saturated heterocycles. The zero-order valence-electron chi connectivity index (χ0n) is 5.96. The highest BCUT2D eigenvalue weighted by molar-refractivity contribution is 5.36. The van der Waals surface area contributed by atoms with E-state index < -0.39 is 0 Å². The van der Waals surface area contributed by atoms with Crippen LogP contribution in [0.2, 0.25) is 0 Å². The standard InChI is InChI=1S/C6H9N3O/c1-7-5-3-8-6(10-2)9-4-5/h3-4,7H,1-2H3. The van der Waals surface area contributed by atoms with Crippen molar-refractivity contribution in [2.24, 2.45) is 0 Å². The van der Waals surface area contributed by atoms with Crippen molar-refractivity contribution in [2.75, 3.05) is 19.5 Å². The Labute approximate surface area is 59.3 Å². The number of nitrogens with zero attached hydrogens (tertiary/aromatic N) is 2. The molecule has 0 radical (unpaired) electrons. The lowest BCUT2D eigenvalue weighted by Gasteiger charge is -1.98. The van der Waals surface area contributed by atoms with Crippen molar-refractivity contribution in [3.63, 3.8) is 0 Å². The second-order valence-corrected chi connectivity index (χ2v) is 1.71. The molecule has 0 spiro atoms. The maximum atomic E-state index is 4.76. The molecule has 0 saturated carbocycles. The van der Waals surface area contributed by atoms with E-state index in [9.17, 15) is 0 Å². The first-order valence-corrected chi connectivity index (χ1v) is 2.90. The number of nitrogens with one attached hydrogen (secondary N) is 1. The summed E-state index contributed by atoms with van der Waals surface area (Å²) >= 11 is 0. The minimum absolute atomic E-state index is 0.388. The van der Waals surface area contributed by atoms with E-state index in [1.54, 1.807) is 12.4 Å². The first-order valence-electron chi connectivity index (χ1n) is 2.90. The Kier molecular flexibility index (Phi) is 2.04. The van der Waals surface area contributed by atoms with Gasteiger partial charge in [0.15, 0.2) is 0 Å². The van der Waals surface area contributed by atoms with Gasteiger partial charge in [-0.15, -0.1) is 0 Å². The fourth-order valence-corrected chi connectivity index (χ4v) is 0.551. The second-order valence-electron chi connectivity index (χ2n) is 1.71. The minimum atomic E-state index is 0.388. The summed E-state index contributed by atoms with van der Waals surface area (Å²) in [4.78, 5) is 7.74. The lowest BCUT2D eigenvalue weighted by Crippen LogP contribution is -1.94. The summed E-state index contributed by atoms with van der Waals surface area (Å²) in [6, 6.07) is 0.388. The van der Waals surface area contributed by atoms with Gasteiger partial charge < -0.3 is 10.1 Å². The third-order valence-electron chi connectivity index (χ3n) is 1.10. The molecule has 0 fully saturated rings. The van der Waals surface area contributed by atoms with Crippen molar-refractivity contribution >= 4 is 5.69 Å². The van der Waals surface area contributed by atoms with Crippen molar-refractivity contribution in [3.8, 4) is 6.01 Å². The molecule has 0 aliphatic heterocycles. The molecule has 10 heavy (non-hydrogen) atoms. The molecule has 0 amide bonds. The largest absolute Gasteiger partial charge is 0.467 e. The highest BCUT2D eigenvalue weighted by Crippen LogP contribution is 2.04. The summed E-state index contributed by atoms with van der Waals surface area (Å²) < 4.78 is 4.76. The van der Waals surface area contributed by atoms with E-state index in [4.69, 9.17) is 4.74 Å². The SMILES string of the molecule is CNc1cnc(OC)nc1. The van der Waals surface area contributed by atoms with Gasteiger partial charge in [0.05, 0.1) is 25.2 Å².